The molecule has 0 atom stereocenters. The smallest absolute Gasteiger partial charge is 0.316 e. The van der Waals surface area contributed by atoms with Crippen LogP contribution in [0.3, 0.4) is 0 Å². The molecule has 1 heterocycles. The molecule has 11 heavy (non-hydrogen) atoms. The summed E-state index contributed by atoms with van der Waals surface area (Å²) < 4.78 is 29.7. The van der Waals surface area contributed by atoms with Crippen molar-refractivity contribution in [2.75, 3.05) is 6.54 Å². The third-order valence-corrected chi connectivity index (χ3v) is 1.39. The molecule has 0 fully saturated rings. The molecule has 0 amide bonds. The first kappa shape index (κ1) is 8.49. The van der Waals surface area contributed by atoms with Gasteiger partial charge in [-0.2, -0.15) is 8.78 Å². The molecule has 2 nitrogen and oxygen atoms in total. The van der Waals surface area contributed by atoms with Gasteiger partial charge >= 0.3 is 5.92 Å². The van der Waals surface area contributed by atoms with Gasteiger partial charge in [0, 0.05) is 0 Å². The third kappa shape index (κ3) is 1.70. The van der Waals surface area contributed by atoms with Gasteiger partial charge in [-0.3, -0.25) is 0 Å². The van der Waals surface area contributed by atoms with Gasteiger partial charge in [0.1, 0.15) is 0 Å². The van der Waals surface area contributed by atoms with Crippen molar-refractivity contribution in [3.05, 3.63) is 23.1 Å². The Kier molecular flexibility index (Phi) is 2.15. The summed E-state index contributed by atoms with van der Waals surface area (Å²) in [6, 6.07) is 2.36. The van der Waals surface area contributed by atoms with Crippen LogP contribution < -0.4 is 5.73 Å². The van der Waals surface area contributed by atoms with Gasteiger partial charge in [-0.15, -0.1) is 0 Å². The second-order valence-corrected chi connectivity index (χ2v) is 2.38. The van der Waals surface area contributed by atoms with Crippen LogP contribution in [0.2, 0.25) is 5.22 Å². The van der Waals surface area contributed by atoms with E-state index in [2.05, 4.69) is 4.42 Å². The molecule has 0 unspecified atom stereocenters. The van der Waals surface area contributed by atoms with Crippen molar-refractivity contribution in [3.63, 3.8) is 0 Å². The first-order valence-electron chi connectivity index (χ1n) is 2.90. The molecule has 5 heteroatoms. The summed E-state index contributed by atoms with van der Waals surface area (Å²) in [5.74, 6) is -3.61. The zero-order valence-electron chi connectivity index (χ0n) is 5.48. The van der Waals surface area contributed by atoms with E-state index in [1.54, 1.807) is 0 Å². The van der Waals surface area contributed by atoms with Crippen LogP contribution in [-0.4, -0.2) is 6.54 Å². The maximum absolute atomic E-state index is 12.6. The Balaban J connectivity index is 2.92. The van der Waals surface area contributed by atoms with Gasteiger partial charge in [-0.25, -0.2) is 0 Å². The minimum Gasteiger partial charge on any atom is -0.443 e. The molecule has 0 spiro atoms. The van der Waals surface area contributed by atoms with E-state index >= 15 is 0 Å². The number of hydrogen-bond acceptors (Lipinski definition) is 2. The Labute approximate surface area is 66.9 Å². The van der Waals surface area contributed by atoms with E-state index in [9.17, 15) is 8.78 Å². The van der Waals surface area contributed by atoms with Crippen LogP contribution in [0.1, 0.15) is 5.76 Å². The van der Waals surface area contributed by atoms with Gasteiger partial charge in [-0.1, -0.05) is 0 Å². The van der Waals surface area contributed by atoms with Crippen molar-refractivity contribution in [3.8, 4) is 0 Å². The minimum absolute atomic E-state index is 0.0619. The van der Waals surface area contributed by atoms with Gasteiger partial charge in [0.15, 0.2) is 11.0 Å². The summed E-state index contributed by atoms with van der Waals surface area (Å²) in [5.41, 5.74) is 4.79. The third-order valence-electron chi connectivity index (χ3n) is 1.19. The highest BCUT2D eigenvalue weighted by molar-refractivity contribution is 6.28. The molecule has 0 aliphatic rings. The summed E-state index contributed by atoms with van der Waals surface area (Å²) in [6.07, 6.45) is 0. The molecule has 1 aromatic heterocycles. The summed E-state index contributed by atoms with van der Waals surface area (Å²) in [4.78, 5) is 0. The largest absolute Gasteiger partial charge is 0.443 e. The van der Waals surface area contributed by atoms with Crippen molar-refractivity contribution >= 4 is 11.6 Å². The van der Waals surface area contributed by atoms with Gasteiger partial charge in [0.05, 0.1) is 6.54 Å². The number of rotatable bonds is 2. The lowest BCUT2D eigenvalue weighted by Gasteiger charge is -2.08. The van der Waals surface area contributed by atoms with Gasteiger partial charge < -0.3 is 10.2 Å². The molecule has 62 valence electrons. The predicted octanol–water partition coefficient (Wildman–Crippen LogP) is 1.98. The zero-order valence-corrected chi connectivity index (χ0v) is 6.24. The van der Waals surface area contributed by atoms with E-state index in [1.165, 1.54) is 6.07 Å². The second-order valence-electron chi connectivity index (χ2n) is 2.01. The fourth-order valence-electron chi connectivity index (χ4n) is 0.611. The van der Waals surface area contributed by atoms with E-state index in [0.717, 1.165) is 6.07 Å². The summed E-state index contributed by atoms with van der Waals surface area (Å²) in [7, 11) is 0. The lowest BCUT2D eigenvalue weighted by molar-refractivity contribution is -0.0158. The maximum atomic E-state index is 12.6. The number of furan rings is 1. The molecule has 1 rings (SSSR count). The maximum Gasteiger partial charge on any atom is 0.316 e. The topological polar surface area (TPSA) is 39.2 Å². The predicted molar refractivity (Wildman–Crippen MR) is 36.7 cm³/mol. The van der Waals surface area contributed by atoms with E-state index < -0.39 is 18.2 Å². The standard InChI is InChI=1S/C6H6ClF2NO/c7-5-2-1-4(11-5)6(8,9)3-10/h1-2H,3,10H2. The summed E-state index contributed by atoms with van der Waals surface area (Å²) in [5, 5.41) is -0.0619. The highest BCUT2D eigenvalue weighted by Crippen LogP contribution is 2.29. The Morgan fingerprint density at radius 2 is 2.18 bits per heavy atom. The van der Waals surface area contributed by atoms with E-state index in [4.69, 9.17) is 17.3 Å². The first-order chi connectivity index (χ1) is 5.06. The monoisotopic (exact) mass is 181 g/mol. The first-order valence-corrected chi connectivity index (χ1v) is 3.28. The minimum atomic E-state index is -3.12. The molecule has 0 aliphatic heterocycles. The van der Waals surface area contributed by atoms with Crippen LogP contribution in [0.5, 0.6) is 0 Å². The quantitative estimate of drug-likeness (QED) is 0.758. The fraction of sp³-hybridized carbons (Fsp3) is 0.333. The molecular weight excluding hydrogens is 176 g/mol. The SMILES string of the molecule is NCC(F)(F)c1ccc(Cl)o1. The summed E-state index contributed by atoms with van der Waals surface area (Å²) in [6.45, 7) is -0.781. The van der Waals surface area contributed by atoms with Crippen molar-refractivity contribution in [1.29, 1.82) is 0 Å². The van der Waals surface area contributed by atoms with E-state index in [-0.39, 0.29) is 5.22 Å². The Hall–Kier alpha value is -0.610. The zero-order chi connectivity index (χ0) is 8.48. The van der Waals surface area contributed by atoms with Crippen LogP contribution in [-0.2, 0) is 5.92 Å². The average Bonchev–Trinajstić information content (AvgIpc) is 2.36. The molecule has 0 saturated heterocycles. The van der Waals surface area contributed by atoms with Crippen LogP contribution in [0.15, 0.2) is 16.5 Å². The number of halogens is 3. The number of nitrogens with two attached hydrogens (primary N) is 1. The molecule has 0 aromatic carbocycles. The van der Waals surface area contributed by atoms with Crippen LogP contribution in [0.4, 0.5) is 8.78 Å². The van der Waals surface area contributed by atoms with Crippen LogP contribution in [0.25, 0.3) is 0 Å². The molecule has 0 saturated carbocycles. The lowest BCUT2D eigenvalue weighted by Crippen LogP contribution is -2.24. The van der Waals surface area contributed by atoms with Crippen molar-refractivity contribution in [2.45, 2.75) is 5.92 Å². The van der Waals surface area contributed by atoms with E-state index in [0.29, 0.717) is 0 Å². The molecule has 0 radical (unpaired) electrons. The second kappa shape index (κ2) is 2.79. The Morgan fingerprint density at radius 1 is 1.55 bits per heavy atom. The average molecular weight is 182 g/mol. The Morgan fingerprint density at radius 3 is 2.55 bits per heavy atom. The molecule has 2 N–H and O–H groups in total. The van der Waals surface area contributed by atoms with Crippen molar-refractivity contribution in [2.24, 2.45) is 5.73 Å². The highest BCUT2D eigenvalue weighted by atomic mass is 35.5. The highest BCUT2D eigenvalue weighted by Gasteiger charge is 2.33. The van der Waals surface area contributed by atoms with E-state index in [1.807, 2.05) is 0 Å². The summed E-state index contributed by atoms with van der Waals surface area (Å²) >= 11 is 5.28. The van der Waals surface area contributed by atoms with Crippen LogP contribution in [0, 0.1) is 0 Å². The molecular formula is C6H6ClF2NO. The van der Waals surface area contributed by atoms with Crippen molar-refractivity contribution < 1.29 is 13.2 Å². The molecule has 1 aromatic rings. The Bertz CT molecular complexity index is 248. The van der Waals surface area contributed by atoms with Gasteiger partial charge in [-0.05, 0) is 23.7 Å². The van der Waals surface area contributed by atoms with Gasteiger partial charge in [0.2, 0.25) is 0 Å². The van der Waals surface area contributed by atoms with Crippen LogP contribution >= 0.6 is 11.6 Å². The lowest BCUT2D eigenvalue weighted by atomic mass is 10.2. The molecule has 0 aliphatic carbocycles. The van der Waals surface area contributed by atoms with Crippen molar-refractivity contribution in [1.82, 2.24) is 0 Å². The number of hydrogen-bond donors (Lipinski definition) is 1. The fourth-order valence-corrected chi connectivity index (χ4v) is 0.758. The van der Waals surface area contributed by atoms with Gasteiger partial charge in [0.25, 0.3) is 0 Å². The number of alkyl halides is 2. The normalized spacial score (nSPS) is 12.0. The molecule has 0 bridgehead atoms.